The van der Waals surface area contributed by atoms with E-state index in [2.05, 4.69) is 32.6 Å². The Morgan fingerprint density at radius 2 is 1.75 bits per heavy atom. The van der Waals surface area contributed by atoms with Gasteiger partial charge in [-0.05, 0) is 101 Å². The monoisotopic (exact) mass is 615 g/mol. The first kappa shape index (κ1) is 34.3. The molecule has 5 rings (SSSR count). The van der Waals surface area contributed by atoms with E-state index in [1.165, 1.54) is 56.9 Å². The number of hydrogen-bond donors (Lipinski definition) is 0. The van der Waals surface area contributed by atoms with Crippen molar-refractivity contribution in [2.24, 2.45) is 29.1 Å². The summed E-state index contributed by atoms with van der Waals surface area (Å²) in [5.41, 5.74) is 4.91. The van der Waals surface area contributed by atoms with Gasteiger partial charge in [0.2, 0.25) is 0 Å². The van der Waals surface area contributed by atoms with Crippen LogP contribution in [-0.2, 0) is 28.5 Å². The quantitative estimate of drug-likeness (QED) is 0.0914. The van der Waals surface area contributed by atoms with Gasteiger partial charge in [-0.25, -0.2) is 0 Å². The topological polar surface area (TPSA) is 66.5 Å². The minimum absolute atomic E-state index is 0.0428. The lowest BCUT2D eigenvalue weighted by Gasteiger charge is -2.47. The SMILES string of the molecule is CCCC1(C)/C(=C\C=O)CCC2C3CCC4(CC(C)=C3CC21)OC1CCCN(CCOCCOCCOCCOC)C1C4C. The smallest absolute Gasteiger partial charge is 0.142 e. The first-order valence-corrected chi connectivity index (χ1v) is 17.9. The average molecular weight is 616 g/mol. The molecule has 0 N–H and O–H groups in total. The number of rotatable bonds is 15. The normalized spacial score (nSPS) is 38.2. The molecule has 44 heavy (non-hydrogen) atoms. The van der Waals surface area contributed by atoms with Crippen molar-refractivity contribution in [3.8, 4) is 0 Å². The Kier molecular flexibility index (Phi) is 12.2. The molecule has 2 saturated heterocycles. The number of fused-ring (bicyclic) bond motifs is 4. The summed E-state index contributed by atoms with van der Waals surface area (Å²) in [4.78, 5) is 14.2. The molecule has 1 spiro atoms. The van der Waals surface area contributed by atoms with E-state index in [9.17, 15) is 4.79 Å². The number of carbonyl (C=O) groups excluding carboxylic acids is 1. The molecule has 2 saturated carbocycles. The highest BCUT2D eigenvalue weighted by Crippen LogP contribution is 2.63. The van der Waals surface area contributed by atoms with E-state index >= 15 is 0 Å². The van der Waals surface area contributed by atoms with Crippen LogP contribution in [0.3, 0.4) is 0 Å². The number of nitrogens with zero attached hydrogens (tertiary/aromatic N) is 1. The third kappa shape index (κ3) is 7.08. The van der Waals surface area contributed by atoms with Gasteiger partial charge in [0.15, 0.2) is 0 Å². The van der Waals surface area contributed by atoms with Gasteiger partial charge in [0.05, 0.1) is 58.0 Å². The lowest BCUT2D eigenvalue weighted by atomic mass is 9.58. The second-order valence-electron chi connectivity index (χ2n) is 14.6. The van der Waals surface area contributed by atoms with Crippen molar-refractivity contribution < 1.29 is 28.5 Å². The van der Waals surface area contributed by atoms with Crippen LogP contribution in [0.2, 0.25) is 0 Å². The van der Waals surface area contributed by atoms with E-state index < -0.39 is 0 Å². The summed E-state index contributed by atoms with van der Waals surface area (Å²) in [7, 11) is 1.68. The van der Waals surface area contributed by atoms with Gasteiger partial charge >= 0.3 is 0 Å². The zero-order chi connectivity index (χ0) is 31.2. The van der Waals surface area contributed by atoms with Crippen LogP contribution in [0, 0.1) is 29.1 Å². The number of ether oxygens (including phenoxy) is 5. The lowest BCUT2D eigenvalue weighted by molar-refractivity contribution is -0.104. The molecule has 4 fully saturated rings. The summed E-state index contributed by atoms with van der Waals surface area (Å²) < 4.78 is 29.3. The summed E-state index contributed by atoms with van der Waals surface area (Å²) in [6.07, 6.45) is 15.1. The van der Waals surface area contributed by atoms with Crippen molar-refractivity contribution in [3.63, 3.8) is 0 Å². The van der Waals surface area contributed by atoms with Gasteiger partial charge in [-0.3, -0.25) is 9.69 Å². The molecule has 0 bridgehead atoms. The number of hydrogen-bond acceptors (Lipinski definition) is 7. The van der Waals surface area contributed by atoms with E-state index in [1.54, 1.807) is 18.3 Å². The van der Waals surface area contributed by atoms with Crippen LogP contribution >= 0.6 is 0 Å². The predicted molar refractivity (Wildman–Crippen MR) is 174 cm³/mol. The van der Waals surface area contributed by atoms with Crippen molar-refractivity contribution in [3.05, 3.63) is 22.8 Å². The molecule has 2 heterocycles. The Hall–Kier alpha value is -1.09. The molecule has 0 aromatic rings. The van der Waals surface area contributed by atoms with E-state index in [1.807, 2.05) is 6.08 Å². The number of aldehydes is 1. The molecule has 3 aliphatic carbocycles. The van der Waals surface area contributed by atoms with Crippen LogP contribution in [0.1, 0.15) is 91.9 Å². The summed E-state index contributed by atoms with van der Waals surface area (Å²) in [5, 5.41) is 0. The van der Waals surface area contributed by atoms with Gasteiger partial charge in [-0.15, -0.1) is 0 Å². The standard InChI is InChI=1S/C37H61NO6/c1-6-13-36(4)29(12-17-39)9-10-31-30-11-14-37(26-27(2)32(30)25-33(31)36)28(3)35-34(44-37)8-7-15-38(35)16-18-41-21-22-43-24-23-42-20-19-40-5/h12,17,28,30-31,33-35H,6-11,13-16,18-26H2,1-5H3/b29-12-. The zero-order valence-electron chi connectivity index (χ0n) is 28.5. The van der Waals surface area contributed by atoms with Crippen molar-refractivity contribution in [1.29, 1.82) is 0 Å². The van der Waals surface area contributed by atoms with E-state index in [0.717, 1.165) is 44.7 Å². The van der Waals surface area contributed by atoms with Gasteiger partial charge < -0.3 is 23.7 Å². The maximum absolute atomic E-state index is 11.5. The fraction of sp³-hybridized carbons (Fsp3) is 0.865. The molecule has 0 aromatic carbocycles. The van der Waals surface area contributed by atoms with Crippen LogP contribution in [-0.4, -0.2) is 95.4 Å². The number of piperidine rings is 1. The molecule has 8 unspecified atom stereocenters. The van der Waals surface area contributed by atoms with Gasteiger partial charge in [0.25, 0.3) is 0 Å². The maximum Gasteiger partial charge on any atom is 0.142 e. The zero-order valence-corrected chi connectivity index (χ0v) is 28.5. The number of methoxy groups -OCH3 is 1. The highest BCUT2D eigenvalue weighted by molar-refractivity contribution is 5.66. The summed E-state index contributed by atoms with van der Waals surface area (Å²) in [6.45, 7) is 16.2. The number of allylic oxidation sites excluding steroid dienone is 3. The molecule has 0 amide bonds. The third-order valence-corrected chi connectivity index (χ3v) is 12.4. The predicted octanol–water partition coefficient (Wildman–Crippen LogP) is 6.40. The highest BCUT2D eigenvalue weighted by atomic mass is 16.6. The molecular formula is C37H61NO6. The van der Waals surface area contributed by atoms with Gasteiger partial charge in [0, 0.05) is 25.6 Å². The largest absolute Gasteiger partial charge is 0.382 e. The minimum atomic E-state index is -0.0428. The van der Waals surface area contributed by atoms with Crippen molar-refractivity contribution in [2.45, 2.75) is 110 Å². The Bertz CT molecular complexity index is 1010. The van der Waals surface area contributed by atoms with Crippen LogP contribution in [0.4, 0.5) is 0 Å². The maximum atomic E-state index is 11.5. The van der Waals surface area contributed by atoms with Crippen LogP contribution in [0.25, 0.3) is 0 Å². The Labute approximate surface area is 267 Å². The van der Waals surface area contributed by atoms with Crippen molar-refractivity contribution in [1.82, 2.24) is 4.90 Å². The molecule has 5 aliphatic rings. The average Bonchev–Trinajstić information content (AvgIpc) is 3.48. The Morgan fingerprint density at radius 1 is 1.02 bits per heavy atom. The minimum Gasteiger partial charge on any atom is -0.382 e. The molecule has 0 aromatic heterocycles. The highest BCUT2D eigenvalue weighted by Gasteiger charge is 2.58. The fourth-order valence-electron chi connectivity index (χ4n) is 10.3. The number of likely N-dealkylation sites (tertiary alicyclic amines) is 1. The van der Waals surface area contributed by atoms with Gasteiger partial charge in [-0.1, -0.05) is 43.9 Å². The first-order valence-electron chi connectivity index (χ1n) is 17.9. The molecule has 2 aliphatic heterocycles. The van der Waals surface area contributed by atoms with Crippen molar-refractivity contribution >= 4 is 6.29 Å². The second-order valence-corrected chi connectivity index (χ2v) is 14.6. The van der Waals surface area contributed by atoms with Crippen molar-refractivity contribution in [2.75, 3.05) is 66.4 Å². The van der Waals surface area contributed by atoms with Gasteiger partial charge in [-0.2, -0.15) is 0 Å². The molecule has 7 heteroatoms. The summed E-state index contributed by atoms with van der Waals surface area (Å²) >= 11 is 0. The Balaban J connectivity index is 1.17. The molecule has 7 nitrogen and oxygen atoms in total. The van der Waals surface area contributed by atoms with Crippen LogP contribution in [0.5, 0.6) is 0 Å². The molecule has 250 valence electrons. The van der Waals surface area contributed by atoms with Crippen LogP contribution in [0.15, 0.2) is 22.8 Å². The van der Waals surface area contributed by atoms with E-state index in [4.69, 9.17) is 23.7 Å². The van der Waals surface area contributed by atoms with Gasteiger partial charge in [0.1, 0.15) is 6.29 Å². The lowest BCUT2D eigenvalue weighted by Crippen LogP contribution is -2.50. The second kappa shape index (κ2) is 15.7. The summed E-state index contributed by atoms with van der Waals surface area (Å²) in [6, 6.07) is 0.481. The fourth-order valence-corrected chi connectivity index (χ4v) is 10.3. The number of carbonyl (C=O) groups is 1. The summed E-state index contributed by atoms with van der Waals surface area (Å²) in [5.74, 6) is 2.62. The first-order chi connectivity index (χ1) is 21.4. The Morgan fingerprint density at radius 3 is 2.45 bits per heavy atom. The third-order valence-electron chi connectivity index (χ3n) is 12.4. The molecule has 8 atom stereocenters. The molecule has 0 radical (unpaired) electrons. The van der Waals surface area contributed by atoms with E-state index in [0.29, 0.717) is 69.5 Å². The molecular weight excluding hydrogens is 554 g/mol. The van der Waals surface area contributed by atoms with E-state index in [-0.39, 0.29) is 11.0 Å². The van der Waals surface area contributed by atoms with Crippen LogP contribution < -0.4 is 0 Å².